The SMILES string of the molecule is O=C(COc1ccccc1F)Nc1cccc(N2CCCC2=O)c1. The predicted octanol–water partition coefficient (Wildman–Crippen LogP) is 2.97. The molecule has 6 heteroatoms. The summed E-state index contributed by atoms with van der Waals surface area (Å²) in [4.78, 5) is 25.4. The van der Waals surface area contributed by atoms with Gasteiger partial charge < -0.3 is 15.0 Å². The van der Waals surface area contributed by atoms with Crippen LogP contribution in [0.25, 0.3) is 0 Å². The number of para-hydroxylation sites is 1. The molecule has 0 radical (unpaired) electrons. The highest BCUT2D eigenvalue weighted by atomic mass is 19.1. The molecule has 0 saturated carbocycles. The average molecular weight is 328 g/mol. The van der Waals surface area contributed by atoms with Crippen LogP contribution in [0.2, 0.25) is 0 Å². The van der Waals surface area contributed by atoms with Gasteiger partial charge in [-0.3, -0.25) is 9.59 Å². The van der Waals surface area contributed by atoms with Crippen LogP contribution in [-0.2, 0) is 9.59 Å². The van der Waals surface area contributed by atoms with Gasteiger partial charge in [0.15, 0.2) is 18.2 Å². The van der Waals surface area contributed by atoms with Crippen LogP contribution in [0.15, 0.2) is 48.5 Å². The van der Waals surface area contributed by atoms with Gasteiger partial charge in [-0.1, -0.05) is 18.2 Å². The molecule has 1 fully saturated rings. The molecule has 0 atom stereocenters. The van der Waals surface area contributed by atoms with E-state index in [1.807, 2.05) is 6.07 Å². The standard InChI is InChI=1S/C18H17FN2O3/c19-15-7-1-2-8-16(15)24-12-17(22)20-13-5-3-6-14(11-13)21-10-4-9-18(21)23/h1-3,5-8,11H,4,9-10,12H2,(H,20,22). The number of nitrogens with one attached hydrogen (secondary N) is 1. The van der Waals surface area contributed by atoms with Crippen molar-refractivity contribution in [3.05, 3.63) is 54.3 Å². The molecule has 124 valence electrons. The van der Waals surface area contributed by atoms with Crippen molar-refractivity contribution in [3.8, 4) is 5.75 Å². The van der Waals surface area contributed by atoms with Crippen molar-refractivity contribution in [3.63, 3.8) is 0 Å². The number of carbonyl (C=O) groups is 2. The summed E-state index contributed by atoms with van der Waals surface area (Å²) in [5.41, 5.74) is 1.32. The Morgan fingerprint density at radius 1 is 1.21 bits per heavy atom. The molecule has 1 N–H and O–H groups in total. The molecule has 0 spiro atoms. The normalized spacial score (nSPS) is 13.9. The maximum absolute atomic E-state index is 13.4. The zero-order valence-corrected chi connectivity index (χ0v) is 13.0. The van der Waals surface area contributed by atoms with Crippen LogP contribution in [-0.4, -0.2) is 25.0 Å². The lowest BCUT2D eigenvalue weighted by Crippen LogP contribution is -2.24. The second-order valence-electron chi connectivity index (χ2n) is 5.47. The van der Waals surface area contributed by atoms with Gasteiger partial charge in [0.2, 0.25) is 5.91 Å². The van der Waals surface area contributed by atoms with Crippen molar-refractivity contribution in [2.24, 2.45) is 0 Å². The highest BCUT2D eigenvalue weighted by Crippen LogP contribution is 2.24. The molecule has 1 aliphatic heterocycles. The quantitative estimate of drug-likeness (QED) is 0.918. The summed E-state index contributed by atoms with van der Waals surface area (Å²) in [5, 5.41) is 2.69. The first-order valence-corrected chi connectivity index (χ1v) is 7.71. The van der Waals surface area contributed by atoms with Gasteiger partial charge in [0, 0.05) is 24.3 Å². The molecule has 1 saturated heterocycles. The lowest BCUT2D eigenvalue weighted by atomic mass is 10.2. The fourth-order valence-electron chi connectivity index (χ4n) is 2.57. The molecule has 1 aliphatic rings. The summed E-state index contributed by atoms with van der Waals surface area (Å²) in [5.74, 6) is -0.798. The molecular weight excluding hydrogens is 311 g/mol. The molecule has 0 unspecified atom stereocenters. The van der Waals surface area contributed by atoms with Crippen molar-refractivity contribution in [2.75, 3.05) is 23.4 Å². The number of amides is 2. The molecule has 5 nitrogen and oxygen atoms in total. The fourth-order valence-corrected chi connectivity index (χ4v) is 2.57. The lowest BCUT2D eigenvalue weighted by Gasteiger charge is -2.16. The van der Waals surface area contributed by atoms with Crippen LogP contribution in [0.5, 0.6) is 5.75 Å². The molecule has 1 heterocycles. The van der Waals surface area contributed by atoms with Gasteiger partial charge in [-0.05, 0) is 36.8 Å². The zero-order chi connectivity index (χ0) is 16.9. The summed E-state index contributed by atoms with van der Waals surface area (Å²) in [7, 11) is 0. The summed E-state index contributed by atoms with van der Waals surface area (Å²) in [6.45, 7) is 0.389. The van der Waals surface area contributed by atoms with Crippen LogP contribution in [0.3, 0.4) is 0 Å². The lowest BCUT2D eigenvalue weighted by molar-refractivity contribution is -0.118. The molecule has 2 aromatic rings. The molecule has 24 heavy (non-hydrogen) atoms. The topological polar surface area (TPSA) is 58.6 Å². The van der Waals surface area contributed by atoms with Crippen LogP contribution < -0.4 is 15.0 Å². The molecular formula is C18H17FN2O3. The Kier molecular flexibility index (Phi) is 4.74. The van der Waals surface area contributed by atoms with E-state index < -0.39 is 11.7 Å². The Hall–Kier alpha value is -2.89. The number of halogens is 1. The molecule has 2 aromatic carbocycles. The Bertz CT molecular complexity index is 763. The van der Waals surface area contributed by atoms with E-state index >= 15 is 0 Å². The molecule has 0 aliphatic carbocycles. The second kappa shape index (κ2) is 7.12. The van der Waals surface area contributed by atoms with E-state index in [4.69, 9.17) is 4.74 Å². The average Bonchev–Trinajstić information content (AvgIpc) is 3.00. The summed E-state index contributed by atoms with van der Waals surface area (Å²) >= 11 is 0. The molecule has 2 amide bonds. The monoisotopic (exact) mass is 328 g/mol. The van der Waals surface area contributed by atoms with Gasteiger partial charge in [0.25, 0.3) is 5.91 Å². The predicted molar refractivity (Wildman–Crippen MR) is 88.6 cm³/mol. The fraction of sp³-hybridized carbons (Fsp3) is 0.222. The summed E-state index contributed by atoms with van der Waals surface area (Å²) in [6.07, 6.45) is 1.39. The van der Waals surface area contributed by atoms with Crippen LogP contribution in [0.1, 0.15) is 12.8 Å². The van der Waals surface area contributed by atoms with Crippen LogP contribution in [0, 0.1) is 5.82 Å². The van der Waals surface area contributed by atoms with Gasteiger partial charge in [-0.15, -0.1) is 0 Å². The maximum atomic E-state index is 13.4. The van der Waals surface area contributed by atoms with E-state index in [0.29, 0.717) is 18.7 Å². The number of hydrogen-bond donors (Lipinski definition) is 1. The van der Waals surface area contributed by atoms with Gasteiger partial charge in [0.05, 0.1) is 0 Å². The van der Waals surface area contributed by atoms with Crippen molar-refractivity contribution in [1.29, 1.82) is 0 Å². The number of benzene rings is 2. The van der Waals surface area contributed by atoms with Gasteiger partial charge in [-0.25, -0.2) is 4.39 Å². The first kappa shape index (κ1) is 16.0. The Labute approximate surface area is 139 Å². The third-order valence-electron chi connectivity index (χ3n) is 3.71. The summed E-state index contributed by atoms with van der Waals surface area (Å²) in [6, 6.07) is 13.0. The van der Waals surface area contributed by atoms with E-state index in [9.17, 15) is 14.0 Å². The first-order valence-electron chi connectivity index (χ1n) is 7.71. The van der Waals surface area contributed by atoms with Gasteiger partial charge in [-0.2, -0.15) is 0 Å². The highest BCUT2D eigenvalue weighted by molar-refractivity contribution is 5.97. The molecule has 0 aromatic heterocycles. The first-order chi connectivity index (χ1) is 11.6. The Balaban J connectivity index is 1.60. The number of ether oxygens (including phenoxy) is 1. The van der Waals surface area contributed by atoms with E-state index in [-0.39, 0.29) is 18.3 Å². The molecule has 3 rings (SSSR count). The van der Waals surface area contributed by atoms with E-state index in [1.165, 1.54) is 12.1 Å². The van der Waals surface area contributed by atoms with E-state index in [1.54, 1.807) is 35.2 Å². The molecule has 0 bridgehead atoms. The highest BCUT2D eigenvalue weighted by Gasteiger charge is 2.21. The van der Waals surface area contributed by atoms with E-state index in [0.717, 1.165) is 12.1 Å². The minimum absolute atomic E-state index is 0.0315. The van der Waals surface area contributed by atoms with E-state index in [2.05, 4.69) is 5.32 Å². The Morgan fingerprint density at radius 3 is 2.79 bits per heavy atom. The minimum Gasteiger partial charge on any atom is -0.481 e. The van der Waals surface area contributed by atoms with Crippen molar-refractivity contribution < 1.29 is 18.7 Å². The largest absolute Gasteiger partial charge is 0.481 e. The Morgan fingerprint density at radius 2 is 2.04 bits per heavy atom. The third-order valence-corrected chi connectivity index (χ3v) is 3.71. The summed E-state index contributed by atoms with van der Waals surface area (Å²) < 4.78 is 18.6. The van der Waals surface area contributed by atoms with Crippen LogP contribution >= 0.6 is 0 Å². The van der Waals surface area contributed by atoms with Crippen LogP contribution in [0.4, 0.5) is 15.8 Å². The number of rotatable bonds is 5. The van der Waals surface area contributed by atoms with Gasteiger partial charge >= 0.3 is 0 Å². The second-order valence-corrected chi connectivity index (χ2v) is 5.47. The minimum atomic E-state index is -0.514. The van der Waals surface area contributed by atoms with Crippen molar-refractivity contribution in [1.82, 2.24) is 0 Å². The zero-order valence-electron chi connectivity index (χ0n) is 13.0. The number of nitrogens with zero attached hydrogens (tertiary/aromatic N) is 1. The number of hydrogen-bond acceptors (Lipinski definition) is 3. The van der Waals surface area contributed by atoms with Crippen molar-refractivity contribution >= 4 is 23.2 Å². The maximum Gasteiger partial charge on any atom is 0.262 e. The third kappa shape index (κ3) is 3.71. The smallest absolute Gasteiger partial charge is 0.262 e. The number of anilines is 2. The number of carbonyl (C=O) groups excluding carboxylic acids is 2. The van der Waals surface area contributed by atoms with Gasteiger partial charge in [0.1, 0.15) is 0 Å². The van der Waals surface area contributed by atoms with Crippen molar-refractivity contribution in [2.45, 2.75) is 12.8 Å².